The Kier molecular flexibility index (Phi) is 10.3. The molecule has 0 fully saturated rings. The molecule has 0 aromatic carbocycles. The highest BCUT2D eigenvalue weighted by Crippen LogP contribution is 2.07. The van der Waals surface area contributed by atoms with Gasteiger partial charge >= 0.3 is 0 Å². The van der Waals surface area contributed by atoms with Gasteiger partial charge in [-0.15, -0.1) is 11.3 Å². The van der Waals surface area contributed by atoms with Gasteiger partial charge in [-0.2, -0.15) is 0 Å². The van der Waals surface area contributed by atoms with Crippen molar-refractivity contribution in [3.05, 3.63) is 22.4 Å². The van der Waals surface area contributed by atoms with Crippen LogP contribution in [0.3, 0.4) is 0 Å². The van der Waals surface area contributed by atoms with E-state index in [1.165, 1.54) is 4.88 Å². The van der Waals surface area contributed by atoms with Gasteiger partial charge in [0.25, 0.3) is 0 Å². The van der Waals surface area contributed by atoms with Gasteiger partial charge in [0, 0.05) is 44.1 Å². The second-order valence-corrected chi connectivity index (χ2v) is 8.12. The van der Waals surface area contributed by atoms with Crippen molar-refractivity contribution in [3.8, 4) is 0 Å². The van der Waals surface area contributed by atoms with Crippen molar-refractivity contribution in [3.63, 3.8) is 0 Å². The molecule has 0 bridgehead atoms. The van der Waals surface area contributed by atoms with Crippen molar-refractivity contribution in [2.75, 3.05) is 33.7 Å². The standard InChI is InChI=1S/C19H35N5OS/c1-15(2)24(16(3)4)11-8-10-20-19(22-14-18(25)23(5)6)21-13-17-9-7-12-26-17/h7,9,12,15-16H,8,10-11,13-14H2,1-6H3,(H2,20,21,22). The minimum absolute atomic E-state index is 0.00647. The van der Waals surface area contributed by atoms with Gasteiger partial charge < -0.3 is 15.5 Å². The molecule has 1 heterocycles. The number of thiophene rings is 1. The first-order valence-corrected chi connectivity index (χ1v) is 10.2. The molecule has 1 aromatic heterocycles. The van der Waals surface area contributed by atoms with E-state index in [1.54, 1.807) is 30.3 Å². The molecule has 26 heavy (non-hydrogen) atoms. The van der Waals surface area contributed by atoms with Crippen LogP contribution in [0.5, 0.6) is 0 Å². The zero-order valence-corrected chi connectivity index (χ0v) is 17.9. The number of rotatable bonds is 10. The van der Waals surface area contributed by atoms with Gasteiger partial charge in [-0.1, -0.05) is 6.07 Å². The first-order valence-electron chi connectivity index (χ1n) is 9.31. The number of hydrogen-bond acceptors (Lipinski definition) is 4. The van der Waals surface area contributed by atoms with E-state index in [9.17, 15) is 4.79 Å². The fourth-order valence-electron chi connectivity index (χ4n) is 2.63. The molecular weight excluding hydrogens is 346 g/mol. The Morgan fingerprint density at radius 2 is 1.88 bits per heavy atom. The minimum atomic E-state index is -0.00647. The highest BCUT2D eigenvalue weighted by atomic mass is 32.1. The predicted octanol–water partition coefficient (Wildman–Crippen LogP) is 2.38. The van der Waals surface area contributed by atoms with Crippen LogP contribution in [0.15, 0.2) is 22.5 Å². The number of hydrogen-bond donors (Lipinski definition) is 2. The molecule has 6 nitrogen and oxygen atoms in total. The van der Waals surface area contributed by atoms with Crippen LogP contribution in [-0.4, -0.2) is 67.5 Å². The molecule has 1 aromatic rings. The van der Waals surface area contributed by atoms with E-state index in [2.05, 4.69) is 59.7 Å². The molecule has 0 spiro atoms. The predicted molar refractivity (Wildman–Crippen MR) is 112 cm³/mol. The Hall–Kier alpha value is -1.60. The van der Waals surface area contributed by atoms with Crippen LogP contribution in [0.4, 0.5) is 0 Å². The molecule has 0 atom stereocenters. The zero-order chi connectivity index (χ0) is 19.5. The van der Waals surface area contributed by atoms with Crippen molar-refractivity contribution in [2.24, 2.45) is 4.99 Å². The van der Waals surface area contributed by atoms with Crippen molar-refractivity contribution in [1.29, 1.82) is 0 Å². The van der Waals surface area contributed by atoms with Gasteiger partial charge in [0.2, 0.25) is 5.91 Å². The highest BCUT2D eigenvalue weighted by Gasteiger charge is 2.12. The lowest BCUT2D eigenvalue weighted by Gasteiger charge is -2.30. The van der Waals surface area contributed by atoms with Crippen molar-refractivity contribution in [2.45, 2.75) is 52.7 Å². The third kappa shape index (κ3) is 8.67. The first-order chi connectivity index (χ1) is 12.3. The highest BCUT2D eigenvalue weighted by molar-refractivity contribution is 7.09. The zero-order valence-electron chi connectivity index (χ0n) is 17.1. The monoisotopic (exact) mass is 381 g/mol. The van der Waals surface area contributed by atoms with Crippen LogP contribution >= 0.6 is 11.3 Å². The maximum Gasteiger partial charge on any atom is 0.243 e. The molecule has 0 unspecified atom stereocenters. The molecule has 0 radical (unpaired) electrons. The molecule has 148 valence electrons. The SMILES string of the molecule is CC(C)N(CCCNC(=NCC(=O)N(C)C)NCc1cccs1)C(C)C. The fraction of sp³-hybridized carbons (Fsp3) is 0.684. The Morgan fingerprint density at radius 3 is 2.42 bits per heavy atom. The molecule has 0 aliphatic heterocycles. The summed E-state index contributed by atoms with van der Waals surface area (Å²) in [7, 11) is 3.49. The summed E-state index contributed by atoms with van der Waals surface area (Å²) in [6.45, 7) is 11.7. The topological polar surface area (TPSA) is 60.0 Å². The molecule has 1 amide bonds. The van der Waals surface area contributed by atoms with E-state index in [0.717, 1.165) is 19.5 Å². The van der Waals surface area contributed by atoms with Gasteiger partial charge in [-0.05, 0) is 45.6 Å². The van der Waals surface area contributed by atoms with E-state index in [-0.39, 0.29) is 12.5 Å². The summed E-state index contributed by atoms with van der Waals surface area (Å²) < 4.78 is 0. The van der Waals surface area contributed by atoms with Gasteiger partial charge in [0.05, 0.1) is 6.54 Å². The largest absolute Gasteiger partial charge is 0.356 e. The second kappa shape index (κ2) is 11.9. The van der Waals surface area contributed by atoms with Crippen LogP contribution in [0.25, 0.3) is 0 Å². The minimum Gasteiger partial charge on any atom is -0.356 e. The van der Waals surface area contributed by atoms with Crippen LogP contribution in [0.2, 0.25) is 0 Å². The molecule has 7 heteroatoms. The number of likely N-dealkylation sites (N-methyl/N-ethyl adjacent to an activating group) is 1. The van der Waals surface area contributed by atoms with Gasteiger partial charge in [-0.25, -0.2) is 4.99 Å². The number of amides is 1. The first kappa shape index (κ1) is 22.4. The van der Waals surface area contributed by atoms with Crippen molar-refractivity contribution in [1.82, 2.24) is 20.4 Å². The summed E-state index contributed by atoms with van der Waals surface area (Å²) in [5.74, 6) is 0.683. The summed E-state index contributed by atoms with van der Waals surface area (Å²) in [6, 6.07) is 5.20. The third-order valence-corrected chi connectivity index (χ3v) is 4.97. The molecule has 0 aliphatic carbocycles. The van der Waals surface area contributed by atoms with E-state index >= 15 is 0 Å². The molecular formula is C19H35N5OS. The van der Waals surface area contributed by atoms with Gasteiger partial charge in [0.15, 0.2) is 5.96 Å². The van der Waals surface area contributed by atoms with Crippen molar-refractivity contribution >= 4 is 23.2 Å². The average Bonchev–Trinajstić information content (AvgIpc) is 3.08. The number of nitrogens with zero attached hydrogens (tertiary/aromatic N) is 3. The summed E-state index contributed by atoms with van der Waals surface area (Å²) in [5, 5.41) is 8.73. The molecule has 1 rings (SSSR count). The Morgan fingerprint density at radius 1 is 1.19 bits per heavy atom. The molecule has 0 aliphatic rings. The number of guanidine groups is 1. The summed E-state index contributed by atoms with van der Waals surface area (Å²) in [4.78, 5) is 21.5. The normalized spacial score (nSPS) is 12.1. The maximum atomic E-state index is 11.8. The Balaban J connectivity index is 2.52. The summed E-state index contributed by atoms with van der Waals surface area (Å²) in [5.41, 5.74) is 0. The lowest BCUT2D eigenvalue weighted by molar-refractivity contribution is -0.127. The van der Waals surface area contributed by atoms with Crippen LogP contribution < -0.4 is 10.6 Å². The van der Waals surface area contributed by atoms with Crippen molar-refractivity contribution < 1.29 is 4.79 Å². The average molecular weight is 382 g/mol. The lowest BCUT2D eigenvalue weighted by Crippen LogP contribution is -2.41. The van der Waals surface area contributed by atoms with Crippen LogP contribution in [0.1, 0.15) is 39.0 Å². The van der Waals surface area contributed by atoms with E-state index in [1.807, 2.05) is 6.07 Å². The number of carbonyl (C=O) groups is 1. The molecule has 0 saturated heterocycles. The summed E-state index contributed by atoms with van der Waals surface area (Å²) in [6.07, 6.45) is 1.03. The number of nitrogens with one attached hydrogen (secondary N) is 2. The quantitative estimate of drug-likeness (QED) is 0.371. The Labute approximate surface area is 162 Å². The summed E-state index contributed by atoms with van der Waals surface area (Å²) >= 11 is 1.71. The molecule has 2 N–H and O–H groups in total. The fourth-order valence-corrected chi connectivity index (χ4v) is 3.27. The number of carbonyl (C=O) groups excluding carboxylic acids is 1. The smallest absolute Gasteiger partial charge is 0.243 e. The maximum absolute atomic E-state index is 11.8. The van der Waals surface area contributed by atoms with Gasteiger partial charge in [-0.3, -0.25) is 9.69 Å². The molecule has 0 saturated carbocycles. The van der Waals surface area contributed by atoms with E-state index in [0.29, 0.717) is 24.6 Å². The van der Waals surface area contributed by atoms with Gasteiger partial charge in [0.1, 0.15) is 6.54 Å². The van der Waals surface area contributed by atoms with Crippen LogP contribution in [-0.2, 0) is 11.3 Å². The van der Waals surface area contributed by atoms with Crippen LogP contribution in [0, 0.1) is 0 Å². The van der Waals surface area contributed by atoms with E-state index in [4.69, 9.17) is 0 Å². The third-order valence-electron chi connectivity index (χ3n) is 4.09. The lowest BCUT2D eigenvalue weighted by atomic mass is 10.2. The number of aliphatic imine (C=N–C) groups is 1. The van der Waals surface area contributed by atoms with E-state index < -0.39 is 0 Å². The second-order valence-electron chi connectivity index (χ2n) is 7.09. The Bertz CT molecular complexity index is 532.